The van der Waals surface area contributed by atoms with Crippen LogP contribution in [-0.4, -0.2) is 25.6 Å². The van der Waals surface area contributed by atoms with Crippen molar-refractivity contribution in [2.45, 2.75) is 24.9 Å². The molecule has 0 heterocycles. The highest BCUT2D eigenvalue weighted by atomic mass is 16.5. The van der Waals surface area contributed by atoms with Crippen molar-refractivity contribution in [1.29, 1.82) is 0 Å². The number of methoxy groups -OCH3 is 2. The van der Waals surface area contributed by atoms with E-state index in [4.69, 9.17) is 9.47 Å². The second-order valence-corrected chi connectivity index (χ2v) is 6.54. The number of rotatable bonds is 3. The molecule has 2 aromatic carbocycles. The van der Waals surface area contributed by atoms with Crippen LogP contribution in [0.1, 0.15) is 27.0 Å². The molecule has 1 unspecified atom stereocenters. The van der Waals surface area contributed by atoms with Crippen molar-refractivity contribution < 1.29 is 14.3 Å². The summed E-state index contributed by atoms with van der Waals surface area (Å²) in [7, 11) is 3.39. The van der Waals surface area contributed by atoms with Crippen LogP contribution in [-0.2, 0) is 24.0 Å². The molecule has 0 spiro atoms. The first-order valence-corrected chi connectivity index (χ1v) is 8.00. The summed E-state index contributed by atoms with van der Waals surface area (Å²) in [5.41, 5.74) is 4.08. The molecule has 2 aliphatic carbocycles. The molecule has 4 rings (SSSR count). The zero-order chi connectivity index (χ0) is 16.0. The summed E-state index contributed by atoms with van der Waals surface area (Å²) in [6.45, 7) is 0. The molecule has 0 N–H and O–H groups in total. The Bertz CT molecular complexity index is 753. The van der Waals surface area contributed by atoms with Crippen molar-refractivity contribution in [3.63, 3.8) is 0 Å². The topological polar surface area (TPSA) is 35.5 Å². The molecule has 0 saturated heterocycles. The molecule has 2 aromatic rings. The van der Waals surface area contributed by atoms with Gasteiger partial charge in [0.2, 0.25) is 0 Å². The van der Waals surface area contributed by atoms with Gasteiger partial charge in [0.15, 0.2) is 5.78 Å². The first-order chi connectivity index (χ1) is 11.2. The molecule has 3 heteroatoms. The molecule has 0 bridgehead atoms. The maximum Gasteiger partial charge on any atom is 0.169 e. The molecule has 0 radical (unpaired) electrons. The average Bonchev–Trinajstić information content (AvgIpc) is 3.13. The summed E-state index contributed by atoms with van der Waals surface area (Å²) in [5, 5.41) is 0. The summed E-state index contributed by atoms with van der Waals surface area (Å²) < 4.78 is 11.3. The third kappa shape index (κ3) is 2.11. The van der Waals surface area contributed by atoms with E-state index in [1.165, 1.54) is 11.1 Å². The number of carbonyl (C=O) groups is 1. The first kappa shape index (κ1) is 14.5. The minimum atomic E-state index is -0.424. The van der Waals surface area contributed by atoms with Gasteiger partial charge in [0.05, 0.1) is 18.6 Å². The SMILES string of the molecule is COc1ccc2c(c1)CC(C1(OC)Cc3ccccc3C1)C2=O. The average molecular weight is 308 g/mol. The lowest BCUT2D eigenvalue weighted by atomic mass is 9.81. The Morgan fingerprint density at radius 2 is 1.70 bits per heavy atom. The second-order valence-electron chi connectivity index (χ2n) is 6.54. The highest BCUT2D eigenvalue weighted by Gasteiger charge is 2.50. The Morgan fingerprint density at radius 3 is 2.30 bits per heavy atom. The van der Waals surface area contributed by atoms with Crippen molar-refractivity contribution in [2.24, 2.45) is 5.92 Å². The van der Waals surface area contributed by atoms with Crippen LogP contribution in [0.4, 0.5) is 0 Å². The van der Waals surface area contributed by atoms with E-state index in [9.17, 15) is 4.79 Å². The lowest BCUT2D eigenvalue weighted by molar-refractivity contribution is -0.0384. The van der Waals surface area contributed by atoms with Crippen molar-refractivity contribution in [2.75, 3.05) is 14.2 Å². The van der Waals surface area contributed by atoms with E-state index < -0.39 is 5.60 Å². The number of benzene rings is 2. The summed E-state index contributed by atoms with van der Waals surface area (Å²) in [6.07, 6.45) is 2.34. The third-order valence-corrected chi connectivity index (χ3v) is 5.46. The van der Waals surface area contributed by atoms with Gasteiger partial charge in [0.1, 0.15) is 5.75 Å². The fourth-order valence-corrected chi connectivity index (χ4v) is 4.17. The Balaban J connectivity index is 1.70. The number of ketones is 1. The van der Waals surface area contributed by atoms with Crippen LogP contribution < -0.4 is 4.74 Å². The highest BCUT2D eigenvalue weighted by molar-refractivity contribution is 6.03. The standard InChI is InChI=1S/C20H20O3/c1-22-16-7-8-17-15(9-16)10-18(19(17)21)20(23-2)11-13-5-3-4-6-14(13)12-20/h3-9,18H,10-12H2,1-2H3. The van der Waals surface area contributed by atoms with Gasteiger partial charge in [0.25, 0.3) is 0 Å². The van der Waals surface area contributed by atoms with Crippen molar-refractivity contribution in [3.8, 4) is 5.75 Å². The maximum absolute atomic E-state index is 13.0. The van der Waals surface area contributed by atoms with Gasteiger partial charge in [-0.1, -0.05) is 24.3 Å². The molecule has 118 valence electrons. The first-order valence-electron chi connectivity index (χ1n) is 8.00. The quantitative estimate of drug-likeness (QED) is 0.873. The van der Waals surface area contributed by atoms with Gasteiger partial charge >= 0.3 is 0 Å². The number of Topliss-reactive ketones (excluding diaryl/α,β-unsaturated/α-hetero) is 1. The van der Waals surface area contributed by atoms with Crippen molar-refractivity contribution in [1.82, 2.24) is 0 Å². The zero-order valence-electron chi connectivity index (χ0n) is 13.5. The smallest absolute Gasteiger partial charge is 0.169 e. The van der Waals surface area contributed by atoms with Crippen molar-refractivity contribution in [3.05, 3.63) is 64.7 Å². The predicted molar refractivity (Wildman–Crippen MR) is 88.1 cm³/mol. The maximum atomic E-state index is 13.0. The molecule has 0 saturated carbocycles. The molecule has 0 fully saturated rings. The van der Waals surface area contributed by atoms with E-state index in [1.54, 1.807) is 14.2 Å². The van der Waals surface area contributed by atoms with Gasteiger partial charge in [-0.3, -0.25) is 4.79 Å². The number of carbonyl (C=O) groups excluding carboxylic acids is 1. The monoisotopic (exact) mass is 308 g/mol. The normalized spacial score (nSPS) is 21.1. The Morgan fingerprint density at radius 1 is 1.00 bits per heavy atom. The van der Waals surface area contributed by atoms with Crippen LogP contribution in [0.15, 0.2) is 42.5 Å². The Kier molecular flexibility index (Phi) is 3.27. The minimum Gasteiger partial charge on any atom is -0.497 e. The summed E-state index contributed by atoms with van der Waals surface area (Å²) in [4.78, 5) is 13.0. The molecule has 23 heavy (non-hydrogen) atoms. The Labute approximate surface area is 136 Å². The molecular weight excluding hydrogens is 288 g/mol. The van der Waals surface area contributed by atoms with Crippen LogP contribution in [0.2, 0.25) is 0 Å². The van der Waals surface area contributed by atoms with Crippen LogP contribution in [0.3, 0.4) is 0 Å². The summed E-state index contributed by atoms with van der Waals surface area (Å²) >= 11 is 0. The van der Waals surface area contributed by atoms with E-state index in [0.717, 1.165) is 36.1 Å². The van der Waals surface area contributed by atoms with Gasteiger partial charge in [-0.2, -0.15) is 0 Å². The fraction of sp³-hybridized carbons (Fsp3) is 0.350. The van der Waals surface area contributed by atoms with Crippen LogP contribution in [0.25, 0.3) is 0 Å². The van der Waals surface area contributed by atoms with Gasteiger partial charge in [-0.25, -0.2) is 0 Å². The number of hydrogen-bond donors (Lipinski definition) is 0. The molecule has 1 atom stereocenters. The number of fused-ring (bicyclic) bond motifs is 2. The van der Waals surface area contributed by atoms with E-state index in [0.29, 0.717) is 0 Å². The zero-order valence-corrected chi connectivity index (χ0v) is 13.5. The molecule has 3 nitrogen and oxygen atoms in total. The van der Waals surface area contributed by atoms with Crippen molar-refractivity contribution >= 4 is 5.78 Å². The van der Waals surface area contributed by atoms with E-state index in [-0.39, 0.29) is 11.7 Å². The predicted octanol–water partition coefficient (Wildman–Crippen LogP) is 3.23. The molecule has 2 aliphatic rings. The summed E-state index contributed by atoms with van der Waals surface area (Å²) in [6, 6.07) is 14.1. The molecular formula is C20H20O3. The minimum absolute atomic E-state index is 0.123. The van der Waals surface area contributed by atoms with E-state index in [2.05, 4.69) is 24.3 Å². The van der Waals surface area contributed by atoms with E-state index >= 15 is 0 Å². The van der Waals surface area contributed by atoms with Crippen LogP contribution in [0.5, 0.6) is 5.75 Å². The lowest BCUT2D eigenvalue weighted by Gasteiger charge is -2.33. The molecule has 0 amide bonds. The van der Waals surface area contributed by atoms with E-state index in [1.807, 2.05) is 18.2 Å². The molecule has 0 aromatic heterocycles. The molecule has 0 aliphatic heterocycles. The fourth-order valence-electron chi connectivity index (χ4n) is 4.17. The van der Waals surface area contributed by atoms with Gasteiger partial charge in [-0.15, -0.1) is 0 Å². The van der Waals surface area contributed by atoms with Gasteiger partial charge < -0.3 is 9.47 Å². The highest BCUT2D eigenvalue weighted by Crippen LogP contribution is 2.44. The van der Waals surface area contributed by atoms with Crippen LogP contribution >= 0.6 is 0 Å². The lowest BCUT2D eigenvalue weighted by Crippen LogP contribution is -2.44. The third-order valence-electron chi connectivity index (χ3n) is 5.46. The largest absolute Gasteiger partial charge is 0.497 e. The summed E-state index contributed by atoms with van der Waals surface area (Å²) in [5.74, 6) is 0.887. The Hall–Kier alpha value is -2.13. The second kappa shape index (κ2) is 5.20. The number of ether oxygens (including phenoxy) is 2. The van der Waals surface area contributed by atoms with Gasteiger partial charge in [0, 0.05) is 25.5 Å². The van der Waals surface area contributed by atoms with Gasteiger partial charge in [-0.05, 0) is 41.3 Å². The van der Waals surface area contributed by atoms with Crippen LogP contribution in [0, 0.1) is 5.92 Å². The number of hydrogen-bond acceptors (Lipinski definition) is 3.